The van der Waals surface area contributed by atoms with Gasteiger partial charge >= 0.3 is 0 Å². The summed E-state index contributed by atoms with van der Waals surface area (Å²) < 4.78 is 12.1. The standard InChI is InChI=1S/C19H23O2/c1-15-10-12-16(13-11-15)14-20-18-8-4-5-9-19(18)21-17-6-2-3-7-17/h5,8-13,17H,2-4,6-7,14H2,1H3. The summed E-state index contributed by atoms with van der Waals surface area (Å²) in [6.45, 7) is 2.69. The van der Waals surface area contributed by atoms with Gasteiger partial charge in [-0.15, -0.1) is 0 Å². The van der Waals surface area contributed by atoms with E-state index in [4.69, 9.17) is 9.47 Å². The molecule has 3 rings (SSSR count). The molecule has 0 atom stereocenters. The van der Waals surface area contributed by atoms with Crippen LogP contribution in [0.25, 0.3) is 0 Å². The zero-order valence-electron chi connectivity index (χ0n) is 12.7. The maximum absolute atomic E-state index is 6.11. The van der Waals surface area contributed by atoms with Gasteiger partial charge in [0, 0.05) is 0 Å². The van der Waals surface area contributed by atoms with Crippen LogP contribution in [0.1, 0.15) is 43.2 Å². The van der Waals surface area contributed by atoms with Gasteiger partial charge in [-0.3, -0.25) is 0 Å². The smallest absolute Gasteiger partial charge is 0.157 e. The molecule has 21 heavy (non-hydrogen) atoms. The number of aryl methyl sites for hydroxylation is 1. The third-order valence-corrected chi connectivity index (χ3v) is 4.06. The maximum atomic E-state index is 6.11. The largest absolute Gasteiger partial charge is 0.487 e. The zero-order valence-corrected chi connectivity index (χ0v) is 12.7. The summed E-state index contributed by atoms with van der Waals surface area (Å²) in [5.41, 5.74) is 2.46. The fourth-order valence-electron chi connectivity index (χ4n) is 2.79. The monoisotopic (exact) mass is 283 g/mol. The molecule has 0 amide bonds. The summed E-state index contributed by atoms with van der Waals surface area (Å²) in [5.74, 6) is 1.80. The van der Waals surface area contributed by atoms with E-state index in [1.54, 1.807) is 0 Å². The second-order valence-corrected chi connectivity index (χ2v) is 5.87. The Labute approximate surface area is 127 Å². The number of hydrogen-bond donors (Lipinski definition) is 0. The summed E-state index contributed by atoms with van der Waals surface area (Å²) >= 11 is 0. The van der Waals surface area contributed by atoms with Crippen molar-refractivity contribution < 1.29 is 9.47 Å². The van der Waals surface area contributed by atoms with Crippen LogP contribution in [0.2, 0.25) is 0 Å². The predicted molar refractivity (Wildman–Crippen MR) is 84.4 cm³/mol. The van der Waals surface area contributed by atoms with Gasteiger partial charge in [-0.2, -0.15) is 0 Å². The highest BCUT2D eigenvalue weighted by atomic mass is 16.5. The Morgan fingerprint density at radius 2 is 1.81 bits per heavy atom. The first kappa shape index (κ1) is 14.2. The number of benzene rings is 1. The third kappa shape index (κ3) is 3.90. The number of rotatable bonds is 5. The van der Waals surface area contributed by atoms with E-state index in [0.717, 1.165) is 17.9 Å². The molecule has 0 spiro atoms. The van der Waals surface area contributed by atoms with Crippen molar-refractivity contribution in [2.24, 2.45) is 0 Å². The van der Waals surface area contributed by atoms with Crippen LogP contribution in [0.5, 0.6) is 0 Å². The van der Waals surface area contributed by atoms with Gasteiger partial charge in [0.05, 0.1) is 6.10 Å². The molecule has 111 valence electrons. The maximum Gasteiger partial charge on any atom is 0.157 e. The highest BCUT2D eigenvalue weighted by molar-refractivity contribution is 5.29. The van der Waals surface area contributed by atoms with Crippen molar-refractivity contribution in [3.63, 3.8) is 0 Å². The Kier molecular flexibility index (Phi) is 4.64. The first-order valence-corrected chi connectivity index (χ1v) is 7.90. The molecule has 0 aromatic heterocycles. The Balaban J connectivity index is 1.58. The van der Waals surface area contributed by atoms with Crippen molar-refractivity contribution in [1.29, 1.82) is 0 Å². The summed E-state index contributed by atoms with van der Waals surface area (Å²) in [4.78, 5) is 0. The molecule has 2 nitrogen and oxygen atoms in total. The van der Waals surface area contributed by atoms with E-state index < -0.39 is 0 Å². The highest BCUT2D eigenvalue weighted by Gasteiger charge is 2.21. The summed E-state index contributed by atoms with van der Waals surface area (Å²) in [7, 11) is 0. The van der Waals surface area contributed by atoms with Crippen molar-refractivity contribution in [1.82, 2.24) is 0 Å². The Hall–Kier alpha value is -1.70. The molecule has 0 unspecified atom stereocenters. The second kappa shape index (κ2) is 6.84. The van der Waals surface area contributed by atoms with E-state index >= 15 is 0 Å². The van der Waals surface area contributed by atoms with E-state index in [-0.39, 0.29) is 0 Å². The van der Waals surface area contributed by atoms with Crippen LogP contribution in [0.4, 0.5) is 0 Å². The Morgan fingerprint density at radius 1 is 1.05 bits per heavy atom. The van der Waals surface area contributed by atoms with Crippen molar-refractivity contribution >= 4 is 0 Å². The molecule has 2 heteroatoms. The molecule has 1 saturated carbocycles. The molecule has 0 saturated heterocycles. The summed E-state index contributed by atoms with van der Waals surface area (Å²) in [6.07, 6.45) is 12.5. The van der Waals surface area contributed by atoms with Gasteiger partial charge in [0.25, 0.3) is 0 Å². The molecule has 0 bridgehead atoms. The fraction of sp³-hybridized carbons (Fsp3) is 0.421. The van der Waals surface area contributed by atoms with E-state index in [0.29, 0.717) is 12.7 Å². The van der Waals surface area contributed by atoms with Crippen LogP contribution in [0.15, 0.2) is 47.9 Å². The first-order valence-electron chi connectivity index (χ1n) is 7.90. The average Bonchev–Trinajstić information content (AvgIpc) is 3.01. The fourth-order valence-corrected chi connectivity index (χ4v) is 2.79. The lowest BCUT2D eigenvalue weighted by molar-refractivity contribution is 0.0914. The molecule has 2 aliphatic rings. The Bertz CT molecular complexity index is 519. The highest BCUT2D eigenvalue weighted by Crippen LogP contribution is 2.29. The van der Waals surface area contributed by atoms with Crippen molar-refractivity contribution in [3.05, 3.63) is 65.5 Å². The lowest BCUT2D eigenvalue weighted by Gasteiger charge is -2.21. The second-order valence-electron chi connectivity index (χ2n) is 5.87. The molecule has 1 radical (unpaired) electrons. The van der Waals surface area contributed by atoms with Crippen LogP contribution in [-0.2, 0) is 16.1 Å². The van der Waals surface area contributed by atoms with Crippen molar-refractivity contribution in [2.75, 3.05) is 0 Å². The predicted octanol–water partition coefficient (Wildman–Crippen LogP) is 4.85. The van der Waals surface area contributed by atoms with Gasteiger partial charge in [0.2, 0.25) is 0 Å². The SMILES string of the molecule is Cc1ccc(COC2=CC[CH]C=C2OC2CCCC2)cc1. The molecular formula is C19H23O2. The minimum Gasteiger partial charge on any atom is -0.487 e. The van der Waals surface area contributed by atoms with Gasteiger partial charge in [0.15, 0.2) is 11.5 Å². The zero-order chi connectivity index (χ0) is 14.5. The van der Waals surface area contributed by atoms with Gasteiger partial charge in [-0.1, -0.05) is 29.8 Å². The lowest BCUT2D eigenvalue weighted by Crippen LogP contribution is -2.12. The van der Waals surface area contributed by atoms with Crippen LogP contribution in [0.3, 0.4) is 0 Å². The number of allylic oxidation sites excluding steroid dienone is 2. The Morgan fingerprint density at radius 3 is 2.57 bits per heavy atom. The molecule has 1 aromatic carbocycles. The van der Waals surface area contributed by atoms with Crippen molar-refractivity contribution in [3.8, 4) is 0 Å². The van der Waals surface area contributed by atoms with Crippen LogP contribution < -0.4 is 0 Å². The van der Waals surface area contributed by atoms with E-state index in [1.807, 2.05) is 0 Å². The third-order valence-electron chi connectivity index (χ3n) is 4.06. The normalized spacial score (nSPS) is 19.1. The molecule has 2 aliphatic carbocycles. The van der Waals surface area contributed by atoms with E-state index in [1.165, 1.54) is 36.8 Å². The molecular weight excluding hydrogens is 260 g/mol. The number of hydrogen-bond acceptors (Lipinski definition) is 2. The van der Waals surface area contributed by atoms with Crippen LogP contribution in [0, 0.1) is 13.3 Å². The molecule has 0 heterocycles. The van der Waals surface area contributed by atoms with Gasteiger partial charge in [-0.05, 0) is 63.2 Å². The quantitative estimate of drug-likeness (QED) is 0.769. The summed E-state index contributed by atoms with van der Waals surface area (Å²) in [5, 5.41) is 0. The van der Waals surface area contributed by atoms with Gasteiger partial charge in [-0.25, -0.2) is 0 Å². The van der Waals surface area contributed by atoms with Crippen LogP contribution >= 0.6 is 0 Å². The van der Waals surface area contributed by atoms with Gasteiger partial charge < -0.3 is 9.47 Å². The molecule has 1 fully saturated rings. The average molecular weight is 283 g/mol. The lowest BCUT2D eigenvalue weighted by atomic mass is 10.1. The van der Waals surface area contributed by atoms with Crippen molar-refractivity contribution in [2.45, 2.75) is 51.7 Å². The minimum absolute atomic E-state index is 0.370. The molecule has 0 N–H and O–H groups in total. The number of ether oxygens (including phenoxy) is 2. The summed E-state index contributed by atoms with van der Waals surface area (Å²) in [6, 6.07) is 8.47. The van der Waals surface area contributed by atoms with Crippen LogP contribution in [-0.4, -0.2) is 6.10 Å². The first-order chi connectivity index (χ1) is 10.3. The topological polar surface area (TPSA) is 18.5 Å². The van der Waals surface area contributed by atoms with E-state index in [2.05, 4.69) is 49.8 Å². The van der Waals surface area contributed by atoms with E-state index in [9.17, 15) is 0 Å². The molecule has 1 aromatic rings. The minimum atomic E-state index is 0.370. The molecule has 0 aliphatic heterocycles. The van der Waals surface area contributed by atoms with Gasteiger partial charge in [0.1, 0.15) is 6.61 Å².